The number of pyridine rings is 1. The van der Waals surface area contributed by atoms with Gasteiger partial charge in [0.1, 0.15) is 12.0 Å². The number of amides is 1. The molecule has 166 valence electrons. The summed E-state index contributed by atoms with van der Waals surface area (Å²) in [5.41, 5.74) is 1.94. The zero-order valence-corrected chi connectivity index (χ0v) is 17.9. The Labute approximate surface area is 191 Å². The van der Waals surface area contributed by atoms with Crippen LogP contribution in [0, 0.1) is 0 Å². The number of hydrogen-bond acceptors (Lipinski definition) is 6. The van der Waals surface area contributed by atoms with Crippen molar-refractivity contribution >= 4 is 11.7 Å². The second-order valence-corrected chi connectivity index (χ2v) is 7.31. The van der Waals surface area contributed by atoms with Gasteiger partial charge in [0, 0.05) is 35.6 Å². The highest BCUT2D eigenvalue weighted by Crippen LogP contribution is 2.20. The van der Waals surface area contributed by atoms with Crippen molar-refractivity contribution in [2.45, 2.75) is 12.8 Å². The molecule has 0 radical (unpaired) electrons. The Kier molecular flexibility index (Phi) is 7.22. The molecule has 0 aliphatic carbocycles. The van der Waals surface area contributed by atoms with Gasteiger partial charge in [-0.15, -0.1) is 0 Å². The Morgan fingerprint density at radius 3 is 2.48 bits per heavy atom. The lowest BCUT2D eigenvalue weighted by Gasteiger charge is -2.06. The Hall–Kier alpha value is -4.26. The number of nitrogens with one attached hydrogen (secondary N) is 1. The van der Waals surface area contributed by atoms with Gasteiger partial charge in [-0.1, -0.05) is 30.3 Å². The molecule has 0 atom stereocenters. The van der Waals surface area contributed by atoms with Crippen LogP contribution in [0.3, 0.4) is 0 Å². The Balaban J connectivity index is 1.25. The average molecular weight is 441 g/mol. The first-order valence-corrected chi connectivity index (χ1v) is 10.7. The lowest BCUT2D eigenvalue weighted by molar-refractivity contribution is 0.0946. The molecular formula is C26H23N3O4. The van der Waals surface area contributed by atoms with E-state index in [0.717, 1.165) is 18.6 Å². The van der Waals surface area contributed by atoms with Crippen molar-refractivity contribution in [2.75, 3.05) is 13.2 Å². The van der Waals surface area contributed by atoms with E-state index in [4.69, 9.17) is 9.15 Å². The molecule has 0 unspecified atom stereocenters. The van der Waals surface area contributed by atoms with Crippen LogP contribution in [0.2, 0.25) is 0 Å². The predicted octanol–water partition coefficient (Wildman–Crippen LogP) is 4.56. The number of unbranched alkanes of at least 4 members (excludes halogenated alkanes) is 1. The van der Waals surface area contributed by atoms with Crippen molar-refractivity contribution < 1.29 is 18.7 Å². The van der Waals surface area contributed by atoms with Crippen molar-refractivity contribution in [3.63, 3.8) is 0 Å². The molecule has 0 aliphatic heterocycles. The second kappa shape index (κ2) is 10.9. The molecule has 4 aromatic rings. The Morgan fingerprint density at radius 1 is 0.909 bits per heavy atom. The number of nitrogens with zero attached hydrogens (tertiary/aromatic N) is 2. The minimum atomic E-state index is -0.294. The molecule has 1 amide bonds. The summed E-state index contributed by atoms with van der Waals surface area (Å²) in [6, 6.07) is 19.9. The molecule has 2 aromatic carbocycles. The predicted molar refractivity (Wildman–Crippen MR) is 123 cm³/mol. The fourth-order valence-corrected chi connectivity index (χ4v) is 3.16. The van der Waals surface area contributed by atoms with Gasteiger partial charge in [0.05, 0.1) is 6.61 Å². The highest BCUT2D eigenvalue weighted by atomic mass is 16.5. The maximum absolute atomic E-state index is 12.5. The van der Waals surface area contributed by atoms with E-state index in [1.54, 1.807) is 42.6 Å². The third kappa shape index (κ3) is 5.92. The van der Waals surface area contributed by atoms with Gasteiger partial charge in [0.25, 0.3) is 5.91 Å². The molecule has 2 heterocycles. The molecule has 0 saturated carbocycles. The third-order valence-corrected chi connectivity index (χ3v) is 4.92. The van der Waals surface area contributed by atoms with Crippen molar-refractivity contribution in [3.8, 4) is 17.2 Å². The fraction of sp³-hybridized carbons (Fsp3) is 0.154. The summed E-state index contributed by atoms with van der Waals surface area (Å²) < 4.78 is 11.1. The zero-order valence-electron chi connectivity index (χ0n) is 17.9. The average Bonchev–Trinajstić information content (AvgIpc) is 3.37. The standard InChI is InChI=1S/C26H23N3O4/c30-24(21-7-6-14-27-17-21)19-10-12-20(13-11-19)26-29-23(18-33-26)25(31)28-15-4-5-16-32-22-8-2-1-3-9-22/h1-3,6-14,17-18H,4-5,15-16H2,(H,28,31). The van der Waals surface area contributed by atoms with Gasteiger partial charge in [-0.2, -0.15) is 0 Å². The van der Waals surface area contributed by atoms with Crippen LogP contribution in [0.5, 0.6) is 5.75 Å². The lowest BCUT2D eigenvalue weighted by atomic mass is 10.0. The van der Waals surface area contributed by atoms with E-state index in [9.17, 15) is 9.59 Å². The van der Waals surface area contributed by atoms with Crippen molar-refractivity contribution in [3.05, 3.63) is 102 Å². The van der Waals surface area contributed by atoms with Crippen LogP contribution in [0.15, 0.2) is 89.8 Å². The molecule has 1 N–H and O–H groups in total. The smallest absolute Gasteiger partial charge is 0.273 e. The first-order valence-electron chi connectivity index (χ1n) is 10.7. The van der Waals surface area contributed by atoms with Crippen LogP contribution >= 0.6 is 0 Å². The Morgan fingerprint density at radius 2 is 1.73 bits per heavy atom. The monoisotopic (exact) mass is 441 g/mol. The van der Waals surface area contributed by atoms with Gasteiger partial charge >= 0.3 is 0 Å². The number of aromatic nitrogens is 2. The summed E-state index contributed by atoms with van der Waals surface area (Å²) in [5, 5.41) is 2.84. The van der Waals surface area contributed by atoms with Crippen LogP contribution in [0.4, 0.5) is 0 Å². The number of carbonyl (C=O) groups is 2. The molecule has 0 aliphatic rings. The summed E-state index contributed by atoms with van der Waals surface area (Å²) >= 11 is 0. The molecule has 7 nitrogen and oxygen atoms in total. The van der Waals surface area contributed by atoms with Crippen LogP contribution < -0.4 is 10.1 Å². The van der Waals surface area contributed by atoms with Gasteiger partial charge in [-0.25, -0.2) is 4.98 Å². The van der Waals surface area contributed by atoms with Crippen molar-refractivity contribution in [1.82, 2.24) is 15.3 Å². The first-order chi connectivity index (χ1) is 16.2. The number of carbonyl (C=O) groups excluding carboxylic acids is 2. The molecule has 0 spiro atoms. The maximum Gasteiger partial charge on any atom is 0.273 e. The molecule has 33 heavy (non-hydrogen) atoms. The Bertz CT molecular complexity index is 1190. The highest BCUT2D eigenvalue weighted by Gasteiger charge is 2.14. The van der Waals surface area contributed by atoms with Gasteiger partial charge in [-0.05, 0) is 49.2 Å². The highest BCUT2D eigenvalue weighted by molar-refractivity contribution is 6.08. The first kappa shape index (κ1) is 22.0. The van der Waals surface area contributed by atoms with E-state index >= 15 is 0 Å². The largest absolute Gasteiger partial charge is 0.494 e. The van der Waals surface area contributed by atoms with E-state index in [1.165, 1.54) is 12.5 Å². The summed E-state index contributed by atoms with van der Waals surface area (Å²) in [7, 11) is 0. The number of oxazole rings is 1. The third-order valence-electron chi connectivity index (χ3n) is 4.92. The quantitative estimate of drug-likeness (QED) is 0.286. The minimum Gasteiger partial charge on any atom is -0.494 e. The van der Waals surface area contributed by atoms with Gasteiger partial charge in [-0.3, -0.25) is 14.6 Å². The summed E-state index contributed by atoms with van der Waals surface area (Å²) in [6.45, 7) is 1.11. The SMILES string of the molecule is O=C(c1ccc(-c2nc(C(=O)NCCCCOc3ccccc3)co2)cc1)c1cccnc1. The number of para-hydroxylation sites is 1. The summed E-state index contributed by atoms with van der Waals surface area (Å²) in [4.78, 5) is 33.1. The van der Waals surface area contributed by atoms with Crippen molar-refractivity contribution in [1.29, 1.82) is 0 Å². The van der Waals surface area contributed by atoms with E-state index in [-0.39, 0.29) is 17.4 Å². The number of ketones is 1. The van der Waals surface area contributed by atoms with Crippen molar-refractivity contribution in [2.24, 2.45) is 0 Å². The molecule has 0 fully saturated rings. The van der Waals surface area contributed by atoms with E-state index in [2.05, 4.69) is 15.3 Å². The fourth-order valence-electron chi connectivity index (χ4n) is 3.16. The van der Waals surface area contributed by atoms with E-state index < -0.39 is 0 Å². The zero-order chi connectivity index (χ0) is 22.9. The topological polar surface area (TPSA) is 94.3 Å². The molecule has 0 bridgehead atoms. The van der Waals surface area contributed by atoms with Crippen LogP contribution in [0.1, 0.15) is 39.3 Å². The summed E-state index contributed by atoms with van der Waals surface area (Å²) in [5.74, 6) is 0.747. The molecule has 7 heteroatoms. The molecule has 0 saturated heterocycles. The van der Waals surface area contributed by atoms with E-state index in [0.29, 0.717) is 35.7 Å². The van der Waals surface area contributed by atoms with Crippen LogP contribution in [0.25, 0.3) is 11.5 Å². The molecule has 4 rings (SSSR count). The van der Waals surface area contributed by atoms with E-state index in [1.807, 2.05) is 30.3 Å². The number of ether oxygens (including phenoxy) is 1. The van der Waals surface area contributed by atoms with Gasteiger partial charge < -0.3 is 14.5 Å². The van der Waals surface area contributed by atoms with Crippen LogP contribution in [-0.4, -0.2) is 34.8 Å². The van der Waals surface area contributed by atoms with Crippen LogP contribution in [-0.2, 0) is 0 Å². The molecular weight excluding hydrogens is 418 g/mol. The second-order valence-electron chi connectivity index (χ2n) is 7.31. The number of benzene rings is 2. The maximum atomic E-state index is 12.5. The number of hydrogen-bond donors (Lipinski definition) is 1. The minimum absolute atomic E-state index is 0.115. The number of rotatable bonds is 10. The molecule has 2 aromatic heterocycles. The van der Waals surface area contributed by atoms with Gasteiger partial charge in [0.15, 0.2) is 11.5 Å². The normalized spacial score (nSPS) is 10.5. The lowest BCUT2D eigenvalue weighted by Crippen LogP contribution is -2.25. The van der Waals surface area contributed by atoms with Gasteiger partial charge in [0.2, 0.25) is 5.89 Å². The summed E-state index contributed by atoms with van der Waals surface area (Å²) in [6.07, 6.45) is 6.10.